The molecule has 2 aromatic carbocycles. The molecule has 0 radical (unpaired) electrons. The third-order valence-electron chi connectivity index (χ3n) is 5.49. The average Bonchev–Trinajstić information content (AvgIpc) is 3.41. The highest BCUT2D eigenvalue weighted by Crippen LogP contribution is 2.32. The molecule has 0 saturated heterocycles. The van der Waals surface area contributed by atoms with Crippen LogP contribution in [0.5, 0.6) is 0 Å². The molecule has 3 aromatic rings. The first-order valence-corrected chi connectivity index (χ1v) is 11.0. The molecule has 1 fully saturated rings. The Morgan fingerprint density at radius 2 is 1.88 bits per heavy atom. The zero-order valence-corrected chi connectivity index (χ0v) is 18.9. The summed E-state index contributed by atoms with van der Waals surface area (Å²) in [7, 11) is 3.92. The first-order valence-electron chi connectivity index (χ1n) is 10.6. The van der Waals surface area contributed by atoms with Crippen LogP contribution in [0.4, 0.5) is 11.4 Å². The molecule has 0 spiro atoms. The van der Waals surface area contributed by atoms with Crippen molar-refractivity contribution in [3.8, 4) is 0 Å². The van der Waals surface area contributed by atoms with Gasteiger partial charge in [-0.2, -0.15) is 0 Å². The quantitative estimate of drug-likeness (QED) is 0.504. The number of carbonyl (C=O) groups excluding carboxylic acids is 2. The van der Waals surface area contributed by atoms with Crippen LogP contribution in [0, 0.1) is 5.92 Å². The van der Waals surface area contributed by atoms with E-state index in [-0.39, 0.29) is 11.8 Å². The Labute approximate surface area is 192 Å². The summed E-state index contributed by atoms with van der Waals surface area (Å²) in [5.74, 6) is 0.456. The average molecular weight is 452 g/mol. The molecule has 4 rings (SSSR count). The largest absolute Gasteiger partial charge is 0.459 e. The van der Waals surface area contributed by atoms with E-state index >= 15 is 0 Å². The molecule has 1 N–H and O–H groups in total. The van der Waals surface area contributed by atoms with E-state index in [0.29, 0.717) is 41.0 Å². The van der Waals surface area contributed by atoms with Gasteiger partial charge in [0.25, 0.3) is 11.8 Å². The first-order chi connectivity index (χ1) is 15.4. The number of nitrogens with one attached hydrogen (secondary N) is 1. The maximum absolute atomic E-state index is 13.1. The topological polar surface area (TPSA) is 65.8 Å². The van der Waals surface area contributed by atoms with Crippen molar-refractivity contribution in [3.05, 3.63) is 82.8 Å². The van der Waals surface area contributed by atoms with Crippen molar-refractivity contribution in [1.82, 2.24) is 4.90 Å². The van der Waals surface area contributed by atoms with E-state index in [2.05, 4.69) is 5.32 Å². The monoisotopic (exact) mass is 451 g/mol. The van der Waals surface area contributed by atoms with E-state index in [0.717, 1.165) is 24.1 Å². The fourth-order valence-electron chi connectivity index (χ4n) is 3.66. The summed E-state index contributed by atoms with van der Waals surface area (Å²) in [5.41, 5.74) is 2.98. The molecule has 1 aliphatic carbocycles. The lowest BCUT2D eigenvalue weighted by Crippen LogP contribution is -2.33. The molecule has 1 aliphatic rings. The van der Waals surface area contributed by atoms with Gasteiger partial charge in [0.1, 0.15) is 0 Å². The highest BCUT2D eigenvalue weighted by Gasteiger charge is 2.29. The van der Waals surface area contributed by atoms with Crippen LogP contribution in [-0.2, 0) is 6.54 Å². The lowest BCUT2D eigenvalue weighted by molar-refractivity contribution is 0.0702. The SMILES string of the molecule is CN(C)c1ccc(NC(=O)c2ccccc2Cl)cc1CN(CC1CC1)C(=O)c1ccco1. The van der Waals surface area contributed by atoms with Crippen LogP contribution in [0.3, 0.4) is 0 Å². The van der Waals surface area contributed by atoms with Crippen LogP contribution in [-0.4, -0.2) is 37.4 Å². The first kappa shape index (κ1) is 22.0. The zero-order valence-electron chi connectivity index (χ0n) is 18.2. The Hall–Kier alpha value is -3.25. The molecule has 1 aromatic heterocycles. The second-order valence-corrected chi connectivity index (χ2v) is 8.69. The summed E-state index contributed by atoms with van der Waals surface area (Å²) in [6, 6.07) is 16.1. The van der Waals surface area contributed by atoms with Crippen LogP contribution < -0.4 is 10.2 Å². The highest BCUT2D eigenvalue weighted by molar-refractivity contribution is 6.34. The normalized spacial score (nSPS) is 13.0. The molecule has 0 bridgehead atoms. The summed E-state index contributed by atoms with van der Waals surface area (Å²) in [6.45, 7) is 1.10. The minimum absolute atomic E-state index is 0.128. The molecule has 32 heavy (non-hydrogen) atoms. The molecule has 1 heterocycles. The van der Waals surface area contributed by atoms with Gasteiger partial charge < -0.3 is 19.5 Å². The van der Waals surface area contributed by atoms with Crippen LogP contribution in [0.15, 0.2) is 65.3 Å². The molecular weight excluding hydrogens is 426 g/mol. The fraction of sp³-hybridized carbons (Fsp3) is 0.280. The Morgan fingerprint density at radius 1 is 1.09 bits per heavy atom. The molecular formula is C25H26ClN3O3. The smallest absolute Gasteiger partial charge is 0.289 e. The van der Waals surface area contributed by atoms with Crippen molar-refractivity contribution in [2.75, 3.05) is 30.9 Å². The summed E-state index contributed by atoms with van der Waals surface area (Å²) in [5, 5.41) is 3.32. The van der Waals surface area contributed by atoms with E-state index in [1.807, 2.05) is 42.1 Å². The lowest BCUT2D eigenvalue weighted by atomic mass is 10.1. The second kappa shape index (κ2) is 9.49. The molecule has 0 atom stereocenters. The zero-order chi connectivity index (χ0) is 22.7. The molecule has 0 aliphatic heterocycles. The number of nitrogens with zero attached hydrogens (tertiary/aromatic N) is 2. The molecule has 0 unspecified atom stereocenters. The van der Waals surface area contributed by atoms with E-state index in [9.17, 15) is 9.59 Å². The van der Waals surface area contributed by atoms with E-state index in [1.54, 1.807) is 36.4 Å². The lowest BCUT2D eigenvalue weighted by Gasteiger charge is -2.26. The summed E-state index contributed by atoms with van der Waals surface area (Å²) in [6.07, 6.45) is 3.78. The Bertz CT molecular complexity index is 1110. The van der Waals surface area contributed by atoms with Gasteiger partial charge in [0, 0.05) is 38.6 Å². The van der Waals surface area contributed by atoms with Crippen molar-refractivity contribution in [2.45, 2.75) is 19.4 Å². The van der Waals surface area contributed by atoms with Crippen molar-refractivity contribution in [3.63, 3.8) is 0 Å². The van der Waals surface area contributed by atoms with E-state index in [4.69, 9.17) is 16.0 Å². The summed E-state index contributed by atoms with van der Waals surface area (Å²) >= 11 is 6.17. The van der Waals surface area contributed by atoms with Gasteiger partial charge in [-0.25, -0.2) is 0 Å². The van der Waals surface area contributed by atoms with Gasteiger partial charge in [0.15, 0.2) is 5.76 Å². The predicted octanol–water partition coefficient (Wildman–Crippen LogP) is 5.30. The number of hydrogen-bond acceptors (Lipinski definition) is 4. The standard InChI is InChI=1S/C25H26ClN3O3/c1-28(2)22-12-11-19(27-24(30)20-6-3-4-7-21(20)26)14-18(22)16-29(15-17-9-10-17)25(31)23-8-5-13-32-23/h3-8,11-14,17H,9-10,15-16H2,1-2H3,(H,27,30). The van der Waals surface area contributed by atoms with Crippen molar-refractivity contribution in [1.29, 1.82) is 0 Å². The van der Waals surface area contributed by atoms with Crippen LogP contribution >= 0.6 is 11.6 Å². The van der Waals surface area contributed by atoms with Gasteiger partial charge in [0.2, 0.25) is 0 Å². The Kier molecular flexibility index (Phi) is 6.51. The van der Waals surface area contributed by atoms with Gasteiger partial charge in [-0.3, -0.25) is 9.59 Å². The minimum atomic E-state index is -0.277. The van der Waals surface area contributed by atoms with Gasteiger partial charge in [0.05, 0.1) is 16.8 Å². The van der Waals surface area contributed by atoms with E-state index < -0.39 is 0 Å². The maximum Gasteiger partial charge on any atom is 0.289 e. The number of carbonyl (C=O) groups is 2. The van der Waals surface area contributed by atoms with Crippen LogP contribution in [0.1, 0.15) is 39.3 Å². The number of hydrogen-bond donors (Lipinski definition) is 1. The van der Waals surface area contributed by atoms with Gasteiger partial charge in [-0.05, 0) is 66.8 Å². The van der Waals surface area contributed by atoms with Gasteiger partial charge >= 0.3 is 0 Å². The van der Waals surface area contributed by atoms with Gasteiger partial charge in [-0.1, -0.05) is 23.7 Å². The van der Waals surface area contributed by atoms with Crippen molar-refractivity contribution >= 4 is 34.8 Å². The summed E-state index contributed by atoms with van der Waals surface area (Å²) < 4.78 is 5.36. The number of anilines is 2. The molecule has 6 nitrogen and oxygen atoms in total. The molecule has 2 amide bonds. The second-order valence-electron chi connectivity index (χ2n) is 8.28. The third kappa shape index (κ3) is 5.14. The number of halogens is 1. The van der Waals surface area contributed by atoms with Crippen molar-refractivity contribution < 1.29 is 14.0 Å². The maximum atomic E-state index is 13.1. The highest BCUT2D eigenvalue weighted by atomic mass is 35.5. The Balaban J connectivity index is 1.60. The van der Waals surface area contributed by atoms with Crippen molar-refractivity contribution in [2.24, 2.45) is 5.92 Å². The Morgan fingerprint density at radius 3 is 2.53 bits per heavy atom. The van der Waals surface area contributed by atoms with Gasteiger partial charge in [-0.15, -0.1) is 0 Å². The number of benzene rings is 2. The minimum Gasteiger partial charge on any atom is -0.459 e. The van der Waals surface area contributed by atoms with E-state index in [1.165, 1.54) is 6.26 Å². The molecule has 1 saturated carbocycles. The number of rotatable bonds is 8. The molecule has 7 heteroatoms. The predicted molar refractivity (Wildman–Crippen MR) is 126 cm³/mol. The fourth-order valence-corrected chi connectivity index (χ4v) is 3.88. The third-order valence-corrected chi connectivity index (χ3v) is 5.82. The summed E-state index contributed by atoms with van der Waals surface area (Å²) in [4.78, 5) is 29.6. The van der Waals surface area contributed by atoms with Crippen LogP contribution in [0.2, 0.25) is 5.02 Å². The number of amides is 2. The molecule has 166 valence electrons. The van der Waals surface area contributed by atoms with Crippen LogP contribution in [0.25, 0.3) is 0 Å². The number of furan rings is 1.